The monoisotopic (exact) mass is 283 g/mol. The molecule has 2 saturated heterocycles. The Bertz CT molecular complexity index is 657. The van der Waals surface area contributed by atoms with Crippen LogP contribution in [0.15, 0.2) is 36.7 Å². The Morgan fingerprint density at radius 1 is 1.10 bits per heavy atom. The zero-order valence-electron chi connectivity index (χ0n) is 11.3. The zero-order chi connectivity index (χ0) is 13.5. The molecule has 1 aromatic heterocycles. The predicted octanol–water partition coefficient (Wildman–Crippen LogP) is 4.09. The van der Waals surface area contributed by atoms with E-state index in [0.29, 0.717) is 5.78 Å². The van der Waals surface area contributed by atoms with Crippen LogP contribution in [0.4, 0.5) is 0 Å². The number of carbonyl (C=O) groups excluding carboxylic acids is 1. The first-order valence-electron chi connectivity index (χ1n) is 7.33. The molecule has 2 aliphatic rings. The Hall–Kier alpha value is -1.35. The third-order valence-electron chi connectivity index (χ3n) is 4.59. The van der Waals surface area contributed by atoms with Crippen molar-refractivity contribution in [3.8, 4) is 0 Å². The lowest BCUT2D eigenvalue weighted by molar-refractivity contribution is 0.0907. The lowest BCUT2D eigenvalue weighted by atomic mass is 9.90. The summed E-state index contributed by atoms with van der Waals surface area (Å²) in [5.41, 5.74) is 0.875. The Labute approximate surface area is 123 Å². The fourth-order valence-corrected chi connectivity index (χ4v) is 5.32. The van der Waals surface area contributed by atoms with Gasteiger partial charge in [-0.1, -0.05) is 12.1 Å². The van der Waals surface area contributed by atoms with Gasteiger partial charge in [0.05, 0.1) is 0 Å². The minimum Gasteiger partial charge on any atom is -0.294 e. The van der Waals surface area contributed by atoms with Crippen molar-refractivity contribution in [2.45, 2.75) is 36.2 Å². The lowest BCUT2D eigenvalue weighted by Gasteiger charge is -2.26. The molecule has 102 valence electrons. The van der Waals surface area contributed by atoms with Crippen molar-refractivity contribution < 1.29 is 4.79 Å². The number of ketones is 1. The summed E-state index contributed by atoms with van der Waals surface area (Å²) in [6.07, 6.45) is 8.41. The van der Waals surface area contributed by atoms with Crippen molar-refractivity contribution >= 4 is 28.3 Å². The number of Topliss-reactive ketones (excluding diaryl/α,β-unsaturated/α-hetero) is 1. The highest BCUT2D eigenvalue weighted by molar-refractivity contribution is 8.00. The second-order valence-electron chi connectivity index (χ2n) is 5.93. The van der Waals surface area contributed by atoms with Gasteiger partial charge >= 0.3 is 0 Å². The predicted molar refractivity (Wildman–Crippen MR) is 83.2 cm³/mol. The van der Waals surface area contributed by atoms with Crippen molar-refractivity contribution in [3.05, 3.63) is 42.2 Å². The van der Waals surface area contributed by atoms with Crippen LogP contribution in [0.25, 0.3) is 10.8 Å². The van der Waals surface area contributed by atoms with E-state index in [4.69, 9.17) is 0 Å². The summed E-state index contributed by atoms with van der Waals surface area (Å²) in [5.74, 6) is 0.592. The summed E-state index contributed by atoms with van der Waals surface area (Å²) < 4.78 is 0. The second-order valence-corrected chi connectivity index (χ2v) is 7.53. The van der Waals surface area contributed by atoms with Crippen LogP contribution in [0.3, 0.4) is 0 Å². The minimum atomic E-state index is 0.244. The van der Waals surface area contributed by atoms with Gasteiger partial charge in [-0.15, -0.1) is 0 Å². The van der Waals surface area contributed by atoms with E-state index < -0.39 is 0 Å². The first-order chi connectivity index (χ1) is 9.79. The molecule has 0 aliphatic carbocycles. The third-order valence-corrected chi connectivity index (χ3v) is 6.21. The van der Waals surface area contributed by atoms with Gasteiger partial charge in [-0.05, 0) is 43.2 Å². The number of nitrogens with zero attached hydrogens (tertiary/aromatic N) is 1. The molecular weight excluding hydrogens is 266 g/mol. The molecule has 2 fully saturated rings. The molecule has 2 aromatic rings. The van der Waals surface area contributed by atoms with E-state index in [0.717, 1.165) is 39.7 Å². The van der Waals surface area contributed by atoms with Crippen LogP contribution in [0, 0.1) is 5.92 Å². The highest BCUT2D eigenvalue weighted by atomic mass is 32.2. The van der Waals surface area contributed by atoms with E-state index in [2.05, 4.69) is 16.7 Å². The Morgan fingerprint density at radius 2 is 1.90 bits per heavy atom. The number of thioether (sulfide) groups is 1. The van der Waals surface area contributed by atoms with Gasteiger partial charge in [0.25, 0.3) is 0 Å². The molecule has 1 aromatic carbocycles. The normalized spacial score (nSPS) is 28.7. The molecule has 2 aliphatic heterocycles. The van der Waals surface area contributed by atoms with Gasteiger partial charge in [-0.3, -0.25) is 9.78 Å². The number of hydrogen-bond donors (Lipinski definition) is 0. The smallest absolute Gasteiger partial charge is 0.166 e. The van der Waals surface area contributed by atoms with E-state index in [1.165, 1.54) is 12.8 Å². The largest absolute Gasteiger partial charge is 0.294 e. The lowest BCUT2D eigenvalue weighted by Crippen LogP contribution is -2.24. The minimum absolute atomic E-state index is 0.244. The van der Waals surface area contributed by atoms with Crippen molar-refractivity contribution in [2.24, 2.45) is 5.92 Å². The molecular formula is C17H17NOS. The van der Waals surface area contributed by atoms with Gasteiger partial charge in [-0.25, -0.2) is 0 Å². The van der Waals surface area contributed by atoms with Gasteiger partial charge in [0.15, 0.2) is 5.78 Å². The topological polar surface area (TPSA) is 30.0 Å². The maximum absolute atomic E-state index is 12.7. The van der Waals surface area contributed by atoms with Crippen molar-refractivity contribution in [1.29, 1.82) is 0 Å². The molecule has 3 heteroatoms. The fraction of sp³-hybridized carbons (Fsp3) is 0.412. The third kappa shape index (κ3) is 2.14. The zero-order valence-corrected chi connectivity index (χ0v) is 12.1. The van der Waals surface area contributed by atoms with Crippen LogP contribution in [0.1, 0.15) is 36.0 Å². The molecule has 2 atom stereocenters. The van der Waals surface area contributed by atoms with E-state index >= 15 is 0 Å². The van der Waals surface area contributed by atoms with E-state index in [1.807, 2.05) is 30.5 Å². The number of rotatable bonds is 2. The van der Waals surface area contributed by atoms with E-state index in [9.17, 15) is 4.79 Å². The second kappa shape index (κ2) is 4.88. The molecule has 0 saturated carbocycles. The summed E-state index contributed by atoms with van der Waals surface area (Å²) in [6.45, 7) is 0. The van der Waals surface area contributed by atoms with Gasteiger partial charge in [0.2, 0.25) is 0 Å². The summed E-state index contributed by atoms with van der Waals surface area (Å²) >= 11 is 2.11. The average molecular weight is 283 g/mol. The molecule has 0 amide bonds. The van der Waals surface area contributed by atoms with Crippen LogP contribution in [-0.2, 0) is 0 Å². The highest BCUT2D eigenvalue weighted by Gasteiger charge is 2.37. The van der Waals surface area contributed by atoms with E-state index in [-0.39, 0.29) is 5.92 Å². The molecule has 0 radical (unpaired) electrons. The van der Waals surface area contributed by atoms with Gasteiger partial charge in [0, 0.05) is 39.8 Å². The molecule has 20 heavy (non-hydrogen) atoms. The number of carbonyl (C=O) groups is 1. The van der Waals surface area contributed by atoms with Crippen LogP contribution >= 0.6 is 11.8 Å². The van der Waals surface area contributed by atoms with Crippen molar-refractivity contribution in [3.63, 3.8) is 0 Å². The molecule has 2 bridgehead atoms. The fourth-order valence-electron chi connectivity index (χ4n) is 3.54. The Balaban J connectivity index is 1.63. The average Bonchev–Trinajstić information content (AvgIpc) is 2.84. The number of benzene rings is 1. The summed E-state index contributed by atoms with van der Waals surface area (Å²) in [5, 5.41) is 3.67. The first-order valence-corrected chi connectivity index (χ1v) is 8.27. The SMILES string of the molecule is O=C(c1ccc2cnccc2c1)C1CC2CCC(C1)S2. The number of fused-ring (bicyclic) bond motifs is 3. The van der Waals surface area contributed by atoms with Crippen LogP contribution in [-0.4, -0.2) is 21.3 Å². The Kier molecular flexibility index (Phi) is 3.03. The maximum atomic E-state index is 12.7. The quantitative estimate of drug-likeness (QED) is 0.777. The molecule has 2 nitrogen and oxygen atoms in total. The van der Waals surface area contributed by atoms with Crippen molar-refractivity contribution in [2.75, 3.05) is 0 Å². The highest BCUT2D eigenvalue weighted by Crippen LogP contribution is 2.46. The standard InChI is InChI=1S/C17H17NOS/c19-17(14-8-15-3-4-16(9-14)20-15)12-1-2-13-10-18-6-5-11(13)7-12/h1-2,5-7,10,14-16H,3-4,8-9H2. The molecule has 4 rings (SSSR count). The summed E-state index contributed by atoms with van der Waals surface area (Å²) in [6, 6.07) is 7.99. The van der Waals surface area contributed by atoms with Gasteiger partial charge in [-0.2, -0.15) is 11.8 Å². The van der Waals surface area contributed by atoms with Gasteiger partial charge in [0.1, 0.15) is 0 Å². The van der Waals surface area contributed by atoms with E-state index in [1.54, 1.807) is 6.20 Å². The van der Waals surface area contributed by atoms with Crippen LogP contribution in [0.5, 0.6) is 0 Å². The number of hydrogen-bond acceptors (Lipinski definition) is 3. The van der Waals surface area contributed by atoms with Crippen molar-refractivity contribution in [1.82, 2.24) is 4.98 Å². The van der Waals surface area contributed by atoms with Crippen LogP contribution < -0.4 is 0 Å². The first kappa shape index (κ1) is 12.4. The molecule has 0 spiro atoms. The summed E-state index contributed by atoms with van der Waals surface area (Å²) in [7, 11) is 0. The van der Waals surface area contributed by atoms with Crippen LogP contribution in [0.2, 0.25) is 0 Å². The molecule has 2 unspecified atom stereocenters. The summed E-state index contributed by atoms with van der Waals surface area (Å²) in [4.78, 5) is 16.9. The molecule has 3 heterocycles. The Morgan fingerprint density at radius 3 is 2.70 bits per heavy atom. The maximum Gasteiger partial charge on any atom is 0.166 e. The number of aromatic nitrogens is 1. The van der Waals surface area contributed by atoms with Gasteiger partial charge < -0.3 is 0 Å². The number of pyridine rings is 1. The molecule has 0 N–H and O–H groups in total.